The highest BCUT2D eigenvalue weighted by atomic mass is 19.4. The number of carbonyl (C=O) groups is 1. The van der Waals surface area contributed by atoms with E-state index in [0.29, 0.717) is 54.9 Å². The molecule has 1 aromatic heterocycles. The maximum Gasteiger partial charge on any atom is 0.416 e. The van der Waals surface area contributed by atoms with Crippen molar-refractivity contribution in [3.63, 3.8) is 0 Å². The van der Waals surface area contributed by atoms with Gasteiger partial charge in [0.25, 0.3) is 11.5 Å². The highest BCUT2D eigenvalue weighted by Gasteiger charge is 2.30. The van der Waals surface area contributed by atoms with Crippen molar-refractivity contribution >= 4 is 16.8 Å². The Morgan fingerprint density at radius 3 is 2.19 bits per heavy atom. The van der Waals surface area contributed by atoms with E-state index in [1.54, 1.807) is 47.4 Å². The molecule has 1 aliphatic heterocycles. The molecule has 0 bridgehead atoms. The van der Waals surface area contributed by atoms with Crippen LogP contribution in [-0.4, -0.2) is 51.4 Å². The summed E-state index contributed by atoms with van der Waals surface area (Å²) in [6, 6.07) is 19.2. The van der Waals surface area contributed by atoms with Crippen molar-refractivity contribution in [2.45, 2.75) is 12.7 Å². The van der Waals surface area contributed by atoms with Gasteiger partial charge in [-0.15, -0.1) is 0 Å². The number of aromatic nitrogens is 2. The average Bonchev–Trinajstić information content (AvgIpc) is 2.89. The Morgan fingerprint density at radius 2 is 1.53 bits per heavy atom. The molecule has 1 aliphatic rings. The van der Waals surface area contributed by atoms with Crippen molar-refractivity contribution in [1.29, 1.82) is 0 Å². The topological polar surface area (TPSA) is 58.4 Å². The number of alkyl halides is 3. The number of nitrogens with zero attached hydrogens (tertiary/aromatic N) is 4. The van der Waals surface area contributed by atoms with Gasteiger partial charge < -0.3 is 4.90 Å². The van der Waals surface area contributed by atoms with Crippen molar-refractivity contribution in [2.24, 2.45) is 0 Å². The first-order chi connectivity index (χ1) is 17.3. The third kappa shape index (κ3) is 4.87. The number of hydrogen-bond donors (Lipinski definition) is 0. The minimum atomic E-state index is -4.34. The van der Waals surface area contributed by atoms with Crippen LogP contribution in [0.3, 0.4) is 0 Å². The van der Waals surface area contributed by atoms with Crippen molar-refractivity contribution in [1.82, 2.24) is 19.4 Å². The third-order valence-electron chi connectivity index (χ3n) is 6.40. The van der Waals surface area contributed by atoms with Gasteiger partial charge in [0.15, 0.2) is 0 Å². The Balaban J connectivity index is 1.21. The fourth-order valence-corrected chi connectivity index (χ4v) is 4.37. The molecule has 184 valence electrons. The van der Waals surface area contributed by atoms with Gasteiger partial charge in [-0.2, -0.15) is 13.2 Å². The van der Waals surface area contributed by atoms with Gasteiger partial charge in [0.2, 0.25) is 0 Å². The lowest BCUT2D eigenvalue weighted by molar-refractivity contribution is -0.137. The van der Waals surface area contributed by atoms with Crippen molar-refractivity contribution < 1.29 is 18.0 Å². The summed E-state index contributed by atoms with van der Waals surface area (Å²) in [5, 5.41) is 0.523. The second-order valence-corrected chi connectivity index (χ2v) is 8.75. The zero-order valence-corrected chi connectivity index (χ0v) is 19.3. The van der Waals surface area contributed by atoms with Crippen LogP contribution in [0.15, 0.2) is 83.9 Å². The zero-order chi connectivity index (χ0) is 25.3. The second-order valence-electron chi connectivity index (χ2n) is 8.75. The van der Waals surface area contributed by atoms with E-state index >= 15 is 0 Å². The molecule has 0 radical (unpaired) electrons. The number of benzene rings is 3. The Kier molecular flexibility index (Phi) is 6.32. The molecule has 0 aliphatic carbocycles. The standard InChI is InChI=1S/C27H23F3N4O2/c28-27(29,30)21-9-5-19(6-10-21)17-32-13-15-33(16-14-32)25(35)20-7-11-22(12-8-20)34-18-31-24-4-2-1-3-23(24)26(34)36/h1-12,18H,13-17H2. The van der Waals surface area contributed by atoms with Gasteiger partial charge >= 0.3 is 6.18 Å². The molecule has 0 N–H and O–H groups in total. The van der Waals surface area contributed by atoms with Crippen LogP contribution in [-0.2, 0) is 12.7 Å². The number of hydrogen-bond acceptors (Lipinski definition) is 4. The van der Waals surface area contributed by atoms with Gasteiger partial charge in [-0.25, -0.2) is 4.98 Å². The smallest absolute Gasteiger partial charge is 0.336 e. The summed E-state index contributed by atoms with van der Waals surface area (Å²) in [5.41, 5.74) is 1.74. The normalized spacial score (nSPS) is 14.8. The van der Waals surface area contributed by atoms with E-state index in [1.165, 1.54) is 23.0 Å². The van der Waals surface area contributed by atoms with Crippen LogP contribution in [0.5, 0.6) is 0 Å². The molecule has 1 fully saturated rings. The molecule has 0 spiro atoms. The third-order valence-corrected chi connectivity index (χ3v) is 6.40. The summed E-state index contributed by atoms with van der Waals surface area (Å²) in [6.07, 6.45) is -2.86. The van der Waals surface area contributed by atoms with Crippen LogP contribution in [0.2, 0.25) is 0 Å². The fourth-order valence-electron chi connectivity index (χ4n) is 4.37. The Hall–Kier alpha value is -3.98. The first-order valence-corrected chi connectivity index (χ1v) is 11.5. The van der Waals surface area contributed by atoms with E-state index in [4.69, 9.17) is 0 Å². The number of carbonyl (C=O) groups excluding carboxylic acids is 1. The number of halogens is 3. The molecule has 36 heavy (non-hydrogen) atoms. The van der Waals surface area contributed by atoms with Crippen molar-refractivity contribution in [2.75, 3.05) is 26.2 Å². The molecule has 0 unspecified atom stereocenters. The van der Waals surface area contributed by atoms with Crippen LogP contribution in [0.4, 0.5) is 13.2 Å². The van der Waals surface area contributed by atoms with Crippen molar-refractivity contribution in [3.05, 3.63) is 106 Å². The van der Waals surface area contributed by atoms with Crippen LogP contribution < -0.4 is 5.56 Å². The Morgan fingerprint density at radius 1 is 0.861 bits per heavy atom. The predicted octanol–water partition coefficient (Wildman–Crippen LogP) is 4.36. The number of para-hydroxylation sites is 1. The van der Waals surface area contributed by atoms with Crippen molar-refractivity contribution in [3.8, 4) is 5.69 Å². The molecule has 5 rings (SSSR count). The van der Waals surface area contributed by atoms with Crippen LogP contribution >= 0.6 is 0 Å². The lowest BCUT2D eigenvalue weighted by atomic mass is 10.1. The van der Waals surface area contributed by atoms with Gasteiger partial charge in [0, 0.05) is 38.3 Å². The van der Waals surface area contributed by atoms with Gasteiger partial charge in [-0.05, 0) is 54.1 Å². The van der Waals surface area contributed by atoms with Gasteiger partial charge in [0.05, 0.1) is 22.2 Å². The van der Waals surface area contributed by atoms with E-state index in [1.807, 2.05) is 6.07 Å². The minimum absolute atomic E-state index is 0.0975. The molecule has 6 nitrogen and oxygen atoms in total. The summed E-state index contributed by atoms with van der Waals surface area (Å²) in [4.78, 5) is 34.0. The molecule has 1 saturated heterocycles. The SMILES string of the molecule is O=C(c1ccc(-n2cnc3ccccc3c2=O)cc1)N1CCN(Cc2ccc(C(F)(F)F)cc2)CC1. The quantitative estimate of drug-likeness (QED) is 0.425. The summed E-state index contributed by atoms with van der Waals surface area (Å²) in [7, 11) is 0. The highest BCUT2D eigenvalue weighted by molar-refractivity contribution is 5.94. The van der Waals surface area contributed by atoms with Gasteiger partial charge in [0.1, 0.15) is 6.33 Å². The average molecular weight is 493 g/mol. The first-order valence-electron chi connectivity index (χ1n) is 11.5. The van der Waals surface area contributed by atoms with E-state index in [9.17, 15) is 22.8 Å². The van der Waals surface area contributed by atoms with Crippen LogP contribution in [0.25, 0.3) is 16.6 Å². The summed E-state index contributed by atoms with van der Waals surface area (Å²) in [6.45, 7) is 2.83. The molecule has 2 heterocycles. The maximum atomic E-state index is 13.0. The summed E-state index contributed by atoms with van der Waals surface area (Å²) < 4.78 is 39.7. The first kappa shape index (κ1) is 23.7. The molecule has 0 saturated carbocycles. The van der Waals surface area contributed by atoms with Gasteiger partial charge in [-0.3, -0.25) is 19.1 Å². The molecule has 1 amide bonds. The largest absolute Gasteiger partial charge is 0.416 e. The number of rotatable bonds is 4. The summed E-state index contributed by atoms with van der Waals surface area (Å²) in [5.74, 6) is -0.0975. The molecular weight excluding hydrogens is 469 g/mol. The van der Waals surface area contributed by atoms with E-state index < -0.39 is 11.7 Å². The number of amides is 1. The van der Waals surface area contributed by atoms with E-state index in [2.05, 4.69) is 9.88 Å². The van der Waals surface area contributed by atoms with Crippen LogP contribution in [0, 0.1) is 0 Å². The highest BCUT2D eigenvalue weighted by Crippen LogP contribution is 2.29. The van der Waals surface area contributed by atoms with E-state index in [0.717, 1.165) is 17.7 Å². The second kappa shape index (κ2) is 9.58. The monoisotopic (exact) mass is 492 g/mol. The minimum Gasteiger partial charge on any atom is -0.336 e. The lowest BCUT2D eigenvalue weighted by Crippen LogP contribution is -2.48. The lowest BCUT2D eigenvalue weighted by Gasteiger charge is -2.34. The zero-order valence-electron chi connectivity index (χ0n) is 19.3. The predicted molar refractivity (Wildman–Crippen MR) is 130 cm³/mol. The maximum absolute atomic E-state index is 13.0. The molecule has 9 heteroatoms. The summed E-state index contributed by atoms with van der Waals surface area (Å²) >= 11 is 0. The Labute approximate surface area is 205 Å². The number of fused-ring (bicyclic) bond motifs is 1. The van der Waals surface area contributed by atoms with E-state index in [-0.39, 0.29) is 11.5 Å². The molecule has 0 atom stereocenters. The molecular formula is C27H23F3N4O2. The van der Waals surface area contributed by atoms with Gasteiger partial charge in [-0.1, -0.05) is 24.3 Å². The molecule has 4 aromatic rings. The Bertz CT molecular complexity index is 1440. The van der Waals surface area contributed by atoms with Crippen LogP contribution in [0.1, 0.15) is 21.5 Å². The molecule has 3 aromatic carbocycles. The fraction of sp³-hybridized carbons (Fsp3) is 0.222. The number of piperazine rings is 1.